The average molecular weight is 385 g/mol. The first-order valence-electron chi connectivity index (χ1n) is 9.24. The number of ketones is 1. The molecule has 0 spiro atoms. The fourth-order valence-electron chi connectivity index (χ4n) is 3.48. The van der Waals surface area contributed by atoms with Crippen LogP contribution in [0.15, 0.2) is 82.2 Å². The summed E-state index contributed by atoms with van der Waals surface area (Å²) in [6.07, 6.45) is -0.627. The first kappa shape index (κ1) is 17.3. The number of hydrogen-bond donors (Lipinski definition) is 1. The molecule has 2 heterocycles. The van der Waals surface area contributed by atoms with Crippen LogP contribution >= 0.6 is 0 Å². The number of fused-ring (bicyclic) bond motifs is 2. The Morgan fingerprint density at radius 1 is 1.00 bits per heavy atom. The molecule has 5 rings (SSSR count). The summed E-state index contributed by atoms with van der Waals surface area (Å²) in [4.78, 5) is 22.0. The van der Waals surface area contributed by atoms with Crippen molar-refractivity contribution in [2.24, 2.45) is 4.99 Å². The Labute approximate surface area is 165 Å². The van der Waals surface area contributed by atoms with Gasteiger partial charge in [0.25, 0.3) is 6.01 Å². The molecule has 4 aromatic rings. The van der Waals surface area contributed by atoms with Gasteiger partial charge in [-0.05, 0) is 17.7 Å². The maximum atomic E-state index is 13.4. The third-order valence-corrected chi connectivity index (χ3v) is 4.86. The first-order valence-corrected chi connectivity index (χ1v) is 9.24. The van der Waals surface area contributed by atoms with Gasteiger partial charge in [0, 0.05) is 23.6 Å². The molecular weight excluding hydrogens is 369 g/mol. The van der Waals surface area contributed by atoms with E-state index >= 15 is 0 Å². The fourth-order valence-corrected chi connectivity index (χ4v) is 3.48. The molecule has 5 nitrogen and oxygen atoms in total. The zero-order chi connectivity index (χ0) is 19.8. The molecule has 0 fully saturated rings. The van der Waals surface area contributed by atoms with Gasteiger partial charge in [-0.1, -0.05) is 54.6 Å². The lowest BCUT2D eigenvalue weighted by Gasteiger charge is -2.12. The highest BCUT2D eigenvalue weighted by Crippen LogP contribution is 2.24. The SMILES string of the molecule is O=C1Cc2ccccc2C(c2ccccc2)=NC1Nc1nc2ccc(F)cc2o1. The molecule has 0 amide bonds. The number of Topliss-reactive ketones (excluding diaryl/α,β-unsaturated/α-hetero) is 1. The van der Waals surface area contributed by atoms with Crippen LogP contribution in [0.5, 0.6) is 0 Å². The number of rotatable bonds is 3. The van der Waals surface area contributed by atoms with Gasteiger partial charge >= 0.3 is 0 Å². The van der Waals surface area contributed by atoms with E-state index in [0.717, 1.165) is 22.4 Å². The van der Waals surface area contributed by atoms with Crippen LogP contribution in [0.3, 0.4) is 0 Å². The van der Waals surface area contributed by atoms with Crippen molar-refractivity contribution in [3.05, 3.63) is 95.3 Å². The third kappa shape index (κ3) is 3.29. The maximum absolute atomic E-state index is 13.4. The van der Waals surface area contributed by atoms with Gasteiger partial charge in [0.2, 0.25) is 0 Å². The summed E-state index contributed by atoms with van der Waals surface area (Å²) in [6, 6.07) is 21.7. The Balaban J connectivity index is 1.57. The van der Waals surface area contributed by atoms with Gasteiger partial charge in [-0.15, -0.1) is 0 Å². The molecule has 3 aromatic carbocycles. The molecule has 0 saturated heterocycles. The van der Waals surface area contributed by atoms with Crippen LogP contribution in [-0.2, 0) is 11.2 Å². The number of aliphatic imine (C=N–C) groups is 1. The van der Waals surface area contributed by atoms with E-state index in [1.807, 2.05) is 54.6 Å². The summed E-state index contributed by atoms with van der Waals surface area (Å²) >= 11 is 0. The smallest absolute Gasteiger partial charge is 0.297 e. The van der Waals surface area contributed by atoms with Crippen LogP contribution in [0.4, 0.5) is 10.4 Å². The number of hydrogen-bond acceptors (Lipinski definition) is 5. The number of anilines is 1. The Hall–Kier alpha value is -3.80. The molecule has 0 radical (unpaired) electrons. The van der Waals surface area contributed by atoms with Crippen LogP contribution < -0.4 is 5.32 Å². The van der Waals surface area contributed by atoms with Crippen molar-refractivity contribution < 1.29 is 13.6 Å². The number of halogens is 1. The first-order chi connectivity index (χ1) is 14.2. The molecule has 1 aromatic heterocycles. The Bertz CT molecular complexity index is 1250. The van der Waals surface area contributed by atoms with E-state index in [9.17, 15) is 9.18 Å². The van der Waals surface area contributed by atoms with Gasteiger partial charge in [0.15, 0.2) is 17.5 Å². The number of nitrogens with one attached hydrogen (secondary N) is 1. The highest BCUT2D eigenvalue weighted by Gasteiger charge is 2.27. The van der Waals surface area contributed by atoms with Gasteiger partial charge in [0.1, 0.15) is 11.3 Å². The van der Waals surface area contributed by atoms with Crippen LogP contribution in [0.1, 0.15) is 16.7 Å². The van der Waals surface area contributed by atoms with E-state index in [2.05, 4.69) is 10.3 Å². The van der Waals surface area contributed by atoms with Crippen molar-refractivity contribution in [1.29, 1.82) is 0 Å². The van der Waals surface area contributed by atoms with Gasteiger partial charge in [-0.2, -0.15) is 4.98 Å². The summed E-state index contributed by atoms with van der Waals surface area (Å²) in [6.45, 7) is 0. The third-order valence-electron chi connectivity index (χ3n) is 4.86. The predicted molar refractivity (Wildman–Crippen MR) is 109 cm³/mol. The Kier molecular flexibility index (Phi) is 4.17. The van der Waals surface area contributed by atoms with Gasteiger partial charge in [-0.3, -0.25) is 9.79 Å². The predicted octanol–water partition coefficient (Wildman–Crippen LogP) is 4.37. The molecule has 1 aliphatic rings. The zero-order valence-electron chi connectivity index (χ0n) is 15.3. The summed E-state index contributed by atoms with van der Waals surface area (Å²) in [5.74, 6) is -0.512. The second kappa shape index (κ2) is 6.98. The van der Waals surface area contributed by atoms with Crippen molar-refractivity contribution in [3.63, 3.8) is 0 Å². The van der Waals surface area contributed by atoms with Crippen LogP contribution in [0.2, 0.25) is 0 Å². The molecule has 1 N–H and O–H groups in total. The van der Waals surface area contributed by atoms with E-state index in [4.69, 9.17) is 9.41 Å². The largest absolute Gasteiger partial charge is 0.423 e. The number of oxazole rings is 1. The molecule has 0 bridgehead atoms. The van der Waals surface area contributed by atoms with Crippen molar-refractivity contribution in [3.8, 4) is 0 Å². The summed E-state index contributed by atoms with van der Waals surface area (Å²) in [7, 11) is 0. The maximum Gasteiger partial charge on any atom is 0.297 e. The minimum Gasteiger partial charge on any atom is -0.423 e. The Morgan fingerprint density at radius 2 is 1.79 bits per heavy atom. The number of aromatic nitrogens is 1. The second-order valence-electron chi connectivity index (χ2n) is 6.82. The number of benzene rings is 3. The topological polar surface area (TPSA) is 67.5 Å². The molecule has 0 saturated carbocycles. The van der Waals surface area contributed by atoms with Crippen LogP contribution in [0.25, 0.3) is 11.1 Å². The van der Waals surface area contributed by atoms with Crippen molar-refractivity contribution in [1.82, 2.24) is 4.98 Å². The quantitative estimate of drug-likeness (QED) is 0.569. The highest BCUT2D eigenvalue weighted by atomic mass is 19.1. The average Bonchev–Trinajstić information content (AvgIpc) is 3.07. The normalized spacial score (nSPS) is 16.2. The lowest BCUT2D eigenvalue weighted by atomic mass is 9.96. The van der Waals surface area contributed by atoms with E-state index < -0.39 is 12.0 Å². The highest BCUT2D eigenvalue weighted by molar-refractivity contribution is 6.16. The lowest BCUT2D eigenvalue weighted by Crippen LogP contribution is -2.29. The molecule has 0 aliphatic carbocycles. The van der Waals surface area contributed by atoms with Gasteiger partial charge in [0.05, 0.1) is 5.71 Å². The molecule has 1 aliphatic heterocycles. The minimum atomic E-state index is -0.865. The molecule has 29 heavy (non-hydrogen) atoms. The monoisotopic (exact) mass is 385 g/mol. The van der Waals surface area contributed by atoms with E-state index in [-0.39, 0.29) is 18.2 Å². The lowest BCUT2D eigenvalue weighted by molar-refractivity contribution is -0.119. The standard InChI is InChI=1S/C23H16FN3O2/c24-16-10-11-18-20(13-16)29-23(25-18)27-22-19(28)12-15-8-4-5-9-17(15)21(26-22)14-6-2-1-3-7-14/h1-11,13,22H,12H2,(H,25,27). The van der Waals surface area contributed by atoms with Crippen LogP contribution in [0, 0.1) is 5.82 Å². The van der Waals surface area contributed by atoms with E-state index in [1.165, 1.54) is 18.2 Å². The van der Waals surface area contributed by atoms with Crippen molar-refractivity contribution in [2.75, 3.05) is 5.32 Å². The zero-order valence-corrected chi connectivity index (χ0v) is 15.3. The molecule has 142 valence electrons. The number of nitrogens with zero attached hydrogens (tertiary/aromatic N) is 2. The second-order valence-corrected chi connectivity index (χ2v) is 6.82. The summed E-state index contributed by atoms with van der Waals surface area (Å²) < 4.78 is 19.0. The molecule has 1 atom stereocenters. The number of carbonyl (C=O) groups excluding carboxylic acids is 1. The summed E-state index contributed by atoms with van der Waals surface area (Å²) in [5.41, 5.74) is 4.31. The van der Waals surface area contributed by atoms with Crippen molar-refractivity contribution in [2.45, 2.75) is 12.6 Å². The number of carbonyl (C=O) groups is 1. The van der Waals surface area contributed by atoms with Gasteiger partial charge < -0.3 is 9.73 Å². The van der Waals surface area contributed by atoms with Crippen LogP contribution in [-0.4, -0.2) is 22.6 Å². The summed E-state index contributed by atoms with van der Waals surface area (Å²) in [5, 5.41) is 2.98. The minimum absolute atomic E-state index is 0.100. The molecule has 6 heteroatoms. The van der Waals surface area contributed by atoms with Crippen molar-refractivity contribution >= 4 is 28.6 Å². The fraction of sp³-hybridized carbons (Fsp3) is 0.0870. The molecular formula is C23H16FN3O2. The van der Waals surface area contributed by atoms with E-state index in [1.54, 1.807) is 0 Å². The molecule has 1 unspecified atom stereocenters. The van der Waals surface area contributed by atoms with Gasteiger partial charge in [-0.25, -0.2) is 4.39 Å². The van der Waals surface area contributed by atoms with E-state index in [0.29, 0.717) is 11.1 Å². The Morgan fingerprint density at radius 3 is 2.66 bits per heavy atom.